The van der Waals surface area contributed by atoms with Crippen LogP contribution in [0.1, 0.15) is 38.3 Å². The number of halogens is 2. The third-order valence-corrected chi connectivity index (χ3v) is 4.04. The molecular formula is C12H18Cl2N2OS. The first-order valence-corrected chi connectivity index (χ1v) is 7.56. The molecule has 0 radical (unpaired) electrons. The van der Waals surface area contributed by atoms with Crippen molar-refractivity contribution < 1.29 is 4.79 Å². The Morgan fingerprint density at radius 2 is 2.17 bits per heavy atom. The first-order chi connectivity index (χ1) is 8.54. The number of amides is 1. The Balaban J connectivity index is 2.31. The highest BCUT2D eigenvalue weighted by Gasteiger charge is 2.13. The fourth-order valence-electron chi connectivity index (χ4n) is 1.51. The summed E-state index contributed by atoms with van der Waals surface area (Å²) in [6, 6.07) is 1.96. The minimum absolute atomic E-state index is 0.0750. The molecule has 1 unspecified atom stereocenters. The number of carbonyl (C=O) groups excluding carboxylic acids is 1. The van der Waals surface area contributed by atoms with E-state index in [0.29, 0.717) is 21.6 Å². The molecule has 0 fully saturated rings. The Morgan fingerprint density at radius 1 is 1.44 bits per heavy atom. The SMILES string of the molecule is CCCNC(=O)CCNC(C)c1cc(Cl)sc1Cl. The van der Waals surface area contributed by atoms with Gasteiger partial charge in [-0.3, -0.25) is 4.79 Å². The van der Waals surface area contributed by atoms with Gasteiger partial charge in [0.15, 0.2) is 0 Å². The molecule has 0 saturated heterocycles. The summed E-state index contributed by atoms with van der Waals surface area (Å²) in [5, 5.41) is 6.10. The first kappa shape index (κ1) is 15.8. The number of hydrogen-bond donors (Lipinski definition) is 2. The minimum Gasteiger partial charge on any atom is -0.356 e. The molecule has 1 aromatic rings. The highest BCUT2D eigenvalue weighted by molar-refractivity contribution is 7.20. The van der Waals surface area contributed by atoms with Crippen molar-refractivity contribution in [3.8, 4) is 0 Å². The van der Waals surface area contributed by atoms with E-state index < -0.39 is 0 Å². The van der Waals surface area contributed by atoms with Crippen LogP contribution < -0.4 is 10.6 Å². The first-order valence-electron chi connectivity index (χ1n) is 5.99. The minimum atomic E-state index is 0.0750. The van der Waals surface area contributed by atoms with Crippen LogP contribution in [0, 0.1) is 0 Å². The third kappa shape index (κ3) is 5.14. The predicted molar refractivity (Wildman–Crippen MR) is 78.7 cm³/mol. The van der Waals surface area contributed by atoms with Crippen LogP contribution in [0.5, 0.6) is 0 Å². The molecule has 1 rings (SSSR count). The van der Waals surface area contributed by atoms with Crippen molar-refractivity contribution in [3.63, 3.8) is 0 Å². The lowest BCUT2D eigenvalue weighted by molar-refractivity contribution is -0.121. The normalized spacial score (nSPS) is 12.4. The maximum atomic E-state index is 11.4. The van der Waals surface area contributed by atoms with E-state index in [2.05, 4.69) is 10.6 Å². The molecule has 6 heteroatoms. The van der Waals surface area contributed by atoms with Crippen molar-refractivity contribution in [2.45, 2.75) is 32.7 Å². The van der Waals surface area contributed by atoms with E-state index >= 15 is 0 Å². The molecule has 1 atom stereocenters. The molecule has 3 nitrogen and oxygen atoms in total. The molecule has 102 valence electrons. The summed E-state index contributed by atoms with van der Waals surface area (Å²) in [5.41, 5.74) is 0.987. The second-order valence-electron chi connectivity index (χ2n) is 4.06. The van der Waals surface area contributed by atoms with Gasteiger partial charge >= 0.3 is 0 Å². The topological polar surface area (TPSA) is 41.1 Å². The standard InChI is InChI=1S/C12H18Cl2N2OS/c1-3-5-16-11(17)4-6-15-8(2)9-7-10(13)18-12(9)14/h7-8,15H,3-6H2,1-2H3,(H,16,17). The molecule has 2 N–H and O–H groups in total. The molecule has 0 bridgehead atoms. The second-order valence-corrected chi connectivity index (χ2v) is 6.34. The zero-order chi connectivity index (χ0) is 13.5. The van der Waals surface area contributed by atoms with E-state index in [1.54, 1.807) is 0 Å². The van der Waals surface area contributed by atoms with Crippen molar-refractivity contribution in [2.24, 2.45) is 0 Å². The molecule has 0 saturated carbocycles. The van der Waals surface area contributed by atoms with E-state index in [4.69, 9.17) is 23.2 Å². The summed E-state index contributed by atoms with van der Waals surface area (Å²) < 4.78 is 1.39. The largest absolute Gasteiger partial charge is 0.356 e. The highest BCUT2D eigenvalue weighted by Crippen LogP contribution is 2.34. The van der Waals surface area contributed by atoms with Gasteiger partial charge in [0.1, 0.15) is 0 Å². The fourth-order valence-corrected chi connectivity index (χ4v) is 3.16. The second kappa shape index (κ2) is 8.00. The molecule has 0 aliphatic rings. The van der Waals surface area contributed by atoms with Crippen LogP contribution in [0.3, 0.4) is 0 Å². The number of nitrogens with one attached hydrogen (secondary N) is 2. The average Bonchev–Trinajstić information content (AvgIpc) is 2.65. The van der Waals surface area contributed by atoms with E-state index in [9.17, 15) is 4.79 Å². The lowest BCUT2D eigenvalue weighted by atomic mass is 10.2. The van der Waals surface area contributed by atoms with Gasteiger partial charge in [0.2, 0.25) is 5.91 Å². The summed E-state index contributed by atoms with van der Waals surface area (Å²) >= 11 is 13.3. The lowest BCUT2D eigenvalue weighted by Gasteiger charge is -2.13. The van der Waals surface area contributed by atoms with E-state index in [1.807, 2.05) is 19.9 Å². The third-order valence-electron chi connectivity index (χ3n) is 2.52. The number of rotatable bonds is 7. The van der Waals surface area contributed by atoms with Gasteiger partial charge in [-0.2, -0.15) is 0 Å². The number of thiophene rings is 1. The van der Waals surface area contributed by atoms with Crippen molar-refractivity contribution in [3.05, 3.63) is 20.3 Å². The van der Waals surface area contributed by atoms with E-state index in [1.165, 1.54) is 11.3 Å². The number of hydrogen-bond acceptors (Lipinski definition) is 3. The van der Waals surface area contributed by atoms with Gasteiger partial charge < -0.3 is 10.6 Å². The molecule has 0 aliphatic heterocycles. The summed E-state index contributed by atoms with van der Waals surface area (Å²) in [6.07, 6.45) is 1.43. The van der Waals surface area contributed by atoms with Crippen LogP contribution in [0.25, 0.3) is 0 Å². The zero-order valence-electron chi connectivity index (χ0n) is 10.6. The van der Waals surface area contributed by atoms with Gasteiger partial charge in [0.05, 0.1) is 8.67 Å². The Hall–Kier alpha value is -0.290. The van der Waals surface area contributed by atoms with Crippen LogP contribution in [0.15, 0.2) is 6.07 Å². The summed E-state index contributed by atoms with van der Waals surface area (Å²) in [4.78, 5) is 11.4. The summed E-state index contributed by atoms with van der Waals surface area (Å²) in [5.74, 6) is 0.0750. The van der Waals surface area contributed by atoms with Gasteiger partial charge in [-0.15, -0.1) is 11.3 Å². The Kier molecular flexibility index (Phi) is 7.00. The van der Waals surface area contributed by atoms with Gasteiger partial charge in [-0.25, -0.2) is 0 Å². The quantitative estimate of drug-likeness (QED) is 0.807. The van der Waals surface area contributed by atoms with Crippen molar-refractivity contribution >= 4 is 40.4 Å². The smallest absolute Gasteiger partial charge is 0.221 e. The van der Waals surface area contributed by atoms with Crippen molar-refractivity contribution in [1.82, 2.24) is 10.6 Å². The molecule has 0 spiro atoms. The van der Waals surface area contributed by atoms with Crippen molar-refractivity contribution in [2.75, 3.05) is 13.1 Å². The molecule has 0 aliphatic carbocycles. The van der Waals surface area contributed by atoms with Crippen LogP contribution in [0.2, 0.25) is 8.67 Å². The van der Waals surface area contributed by atoms with E-state index in [0.717, 1.165) is 18.5 Å². The molecule has 1 heterocycles. The molecule has 1 aromatic heterocycles. The Morgan fingerprint density at radius 3 is 2.72 bits per heavy atom. The fraction of sp³-hybridized carbons (Fsp3) is 0.583. The summed E-state index contributed by atoms with van der Waals surface area (Å²) in [7, 11) is 0. The monoisotopic (exact) mass is 308 g/mol. The lowest BCUT2D eigenvalue weighted by Crippen LogP contribution is -2.29. The Bertz CT molecular complexity index is 395. The number of carbonyl (C=O) groups is 1. The van der Waals surface area contributed by atoms with Crippen LogP contribution >= 0.6 is 34.5 Å². The van der Waals surface area contributed by atoms with Gasteiger partial charge in [0.25, 0.3) is 0 Å². The molecule has 18 heavy (non-hydrogen) atoms. The Labute approximate surface area is 122 Å². The van der Waals surface area contributed by atoms with Crippen LogP contribution in [-0.2, 0) is 4.79 Å². The summed E-state index contributed by atoms with van der Waals surface area (Å²) in [6.45, 7) is 5.40. The average molecular weight is 309 g/mol. The molecule has 0 aromatic carbocycles. The zero-order valence-corrected chi connectivity index (χ0v) is 12.9. The predicted octanol–water partition coefficient (Wildman–Crippen LogP) is 3.62. The van der Waals surface area contributed by atoms with Gasteiger partial charge in [-0.1, -0.05) is 30.1 Å². The van der Waals surface area contributed by atoms with Crippen LogP contribution in [-0.4, -0.2) is 19.0 Å². The van der Waals surface area contributed by atoms with Crippen LogP contribution in [0.4, 0.5) is 0 Å². The van der Waals surface area contributed by atoms with Gasteiger partial charge in [0, 0.05) is 25.6 Å². The van der Waals surface area contributed by atoms with Gasteiger partial charge in [-0.05, 0) is 25.0 Å². The molecule has 1 amide bonds. The van der Waals surface area contributed by atoms with E-state index in [-0.39, 0.29) is 11.9 Å². The van der Waals surface area contributed by atoms with Crippen molar-refractivity contribution in [1.29, 1.82) is 0 Å². The maximum absolute atomic E-state index is 11.4. The molecular weight excluding hydrogens is 291 g/mol. The maximum Gasteiger partial charge on any atom is 0.221 e. The highest BCUT2D eigenvalue weighted by atomic mass is 35.5.